The van der Waals surface area contributed by atoms with E-state index in [0.717, 1.165) is 0 Å². The number of benzene rings is 4. The van der Waals surface area contributed by atoms with E-state index in [9.17, 15) is 0 Å². The number of hydrogen-bond acceptors (Lipinski definition) is 2. The summed E-state index contributed by atoms with van der Waals surface area (Å²) < 4.78 is 0. The lowest BCUT2D eigenvalue weighted by molar-refractivity contribution is 1.14. The van der Waals surface area contributed by atoms with Gasteiger partial charge in [0.25, 0.3) is 0 Å². The topological polar surface area (TPSA) is 3.24 Å². The molecule has 1 aliphatic heterocycles. The molecule has 0 bridgehead atoms. The van der Waals surface area contributed by atoms with Crippen molar-refractivity contribution in [2.24, 2.45) is 0 Å². The van der Waals surface area contributed by atoms with E-state index in [1.54, 1.807) is 0 Å². The third kappa shape index (κ3) is 2.83. The van der Waals surface area contributed by atoms with Crippen LogP contribution in [0.4, 0.5) is 17.1 Å². The van der Waals surface area contributed by atoms with Crippen LogP contribution in [0.5, 0.6) is 0 Å². The van der Waals surface area contributed by atoms with Crippen molar-refractivity contribution in [2.45, 2.75) is 16.7 Å². The molecule has 0 unspecified atom stereocenters. The van der Waals surface area contributed by atoms with Crippen molar-refractivity contribution in [2.75, 3.05) is 4.90 Å². The molecule has 4 aromatic rings. The van der Waals surface area contributed by atoms with Crippen LogP contribution in [0.15, 0.2) is 107 Å². The number of nitrogens with zero attached hydrogens (tertiary/aromatic N) is 1. The van der Waals surface area contributed by atoms with Crippen LogP contribution < -0.4 is 4.90 Å². The van der Waals surface area contributed by atoms with Crippen LogP contribution in [-0.2, 0) is 0 Å². The fourth-order valence-corrected chi connectivity index (χ4v) is 4.75. The van der Waals surface area contributed by atoms with Crippen molar-refractivity contribution >= 4 is 28.8 Å². The molecule has 0 radical (unpaired) electrons. The maximum atomic E-state index is 2.38. The van der Waals surface area contributed by atoms with Crippen molar-refractivity contribution in [1.29, 1.82) is 0 Å². The maximum absolute atomic E-state index is 2.38. The highest BCUT2D eigenvalue weighted by atomic mass is 32.2. The summed E-state index contributed by atoms with van der Waals surface area (Å²) >= 11 is 1.87. The van der Waals surface area contributed by atoms with Crippen LogP contribution >= 0.6 is 11.8 Å². The van der Waals surface area contributed by atoms with E-state index in [4.69, 9.17) is 0 Å². The third-order valence-corrected chi connectivity index (χ3v) is 6.28. The van der Waals surface area contributed by atoms with E-state index < -0.39 is 0 Å². The van der Waals surface area contributed by atoms with E-state index in [-0.39, 0.29) is 0 Å². The minimum atomic E-state index is 1.19. The van der Waals surface area contributed by atoms with Gasteiger partial charge >= 0.3 is 0 Å². The Kier molecular flexibility index (Phi) is 3.99. The molecule has 5 rings (SSSR count). The quantitative estimate of drug-likeness (QED) is 0.317. The number of aryl methyl sites for hydroxylation is 1. The number of fused-ring (bicyclic) bond motifs is 2. The molecule has 2 heteroatoms. The molecule has 0 saturated heterocycles. The summed E-state index contributed by atoms with van der Waals surface area (Å²) in [6.45, 7) is 2.19. The van der Waals surface area contributed by atoms with Gasteiger partial charge in [-0.25, -0.2) is 0 Å². The molecule has 27 heavy (non-hydrogen) atoms. The van der Waals surface area contributed by atoms with Crippen LogP contribution in [0.2, 0.25) is 0 Å². The van der Waals surface area contributed by atoms with Gasteiger partial charge in [-0.1, -0.05) is 78.5 Å². The summed E-state index contributed by atoms with van der Waals surface area (Å²) in [6.07, 6.45) is 0. The van der Waals surface area contributed by atoms with Crippen molar-refractivity contribution in [3.05, 3.63) is 103 Å². The van der Waals surface area contributed by atoms with Crippen molar-refractivity contribution in [3.8, 4) is 11.1 Å². The summed E-state index contributed by atoms with van der Waals surface area (Å²) in [6, 6.07) is 34.6. The summed E-state index contributed by atoms with van der Waals surface area (Å²) in [7, 11) is 0. The minimum Gasteiger partial charge on any atom is -0.308 e. The van der Waals surface area contributed by atoms with Gasteiger partial charge in [-0.3, -0.25) is 0 Å². The largest absolute Gasteiger partial charge is 0.308 e. The Bertz CT molecular complexity index is 1100. The van der Waals surface area contributed by atoms with Gasteiger partial charge in [-0.2, -0.15) is 0 Å². The number of rotatable bonds is 2. The minimum absolute atomic E-state index is 1.19. The number of para-hydroxylation sites is 1. The molecule has 1 aliphatic rings. The van der Waals surface area contributed by atoms with E-state index in [0.29, 0.717) is 0 Å². The first-order chi connectivity index (χ1) is 13.3. The zero-order chi connectivity index (χ0) is 18.2. The van der Waals surface area contributed by atoms with Gasteiger partial charge in [-0.05, 0) is 53.9 Å². The monoisotopic (exact) mass is 365 g/mol. The molecule has 0 amide bonds. The highest BCUT2D eigenvalue weighted by Crippen LogP contribution is 2.52. The lowest BCUT2D eigenvalue weighted by Gasteiger charge is -2.33. The normalized spacial score (nSPS) is 12.4. The Morgan fingerprint density at radius 1 is 0.593 bits per heavy atom. The van der Waals surface area contributed by atoms with E-state index in [1.165, 1.54) is 43.5 Å². The first-order valence-electron chi connectivity index (χ1n) is 9.13. The van der Waals surface area contributed by atoms with E-state index >= 15 is 0 Å². The fourth-order valence-electron chi connectivity index (χ4n) is 3.63. The smallest absolute Gasteiger partial charge is 0.0604 e. The van der Waals surface area contributed by atoms with Crippen LogP contribution in [-0.4, -0.2) is 0 Å². The zero-order valence-electron chi connectivity index (χ0n) is 15.1. The molecule has 0 aliphatic carbocycles. The van der Waals surface area contributed by atoms with Crippen LogP contribution in [0.3, 0.4) is 0 Å². The average molecular weight is 366 g/mol. The van der Waals surface area contributed by atoms with Gasteiger partial charge < -0.3 is 4.90 Å². The molecule has 0 N–H and O–H groups in total. The highest BCUT2D eigenvalue weighted by molar-refractivity contribution is 7.99. The third-order valence-electron chi connectivity index (χ3n) is 4.98. The second kappa shape index (κ2) is 6.64. The molecule has 1 heterocycles. The summed E-state index contributed by atoms with van der Waals surface area (Å²) in [5.74, 6) is 0. The molecule has 0 spiro atoms. The van der Waals surface area contributed by atoms with Gasteiger partial charge in [0, 0.05) is 15.5 Å². The van der Waals surface area contributed by atoms with Crippen LogP contribution in [0, 0.1) is 6.92 Å². The predicted molar refractivity (Wildman–Crippen MR) is 115 cm³/mol. The fraction of sp³-hybridized carbons (Fsp3) is 0.0400. The summed E-state index contributed by atoms with van der Waals surface area (Å²) in [5.41, 5.74) is 7.49. The van der Waals surface area contributed by atoms with Crippen LogP contribution in [0.25, 0.3) is 11.1 Å². The second-order valence-corrected chi connectivity index (χ2v) is 7.79. The van der Waals surface area contributed by atoms with Gasteiger partial charge in [0.15, 0.2) is 0 Å². The maximum Gasteiger partial charge on any atom is 0.0604 e. The van der Waals surface area contributed by atoms with Crippen LogP contribution in [0.1, 0.15) is 5.56 Å². The van der Waals surface area contributed by atoms with E-state index in [1.807, 2.05) is 11.8 Å². The Labute approximate surface area is 164 Å². The first-order valence-corrected chi connectivity index (χ1v) is 9.95. The molecule has 1 nitrogen and oxygen atoms in total. The molecular formula is C25H19NS. The average Bonchev–Trinajstić information content (AvgIpc) is 2.73. The Hall–Kier alpha value is -2.97. The number of hydrogen-bond donors (Lipinski definition) is 0. The lowest BCUT2D eigenvalue weighted by atomic mass is 10.0. The Balaban J connectivity index is 1.64. The molecule has 0 fully saturated rings. The molecule has 4 aromatic carbocycles. The second-order valence-electron chi connectivity index (χ2n) is 6.74. The molecular weight excluding hydrogens is 346 g/mol. The lowest BCUT2D eigenvalue weighted by Crippen LogP contribution is -2.15. The Morgan fingerprint density at radius 3 is 2.07 bits per heavy atom. The molecule has 130 valence electrons. The first kappa shape index (κ1) is 16.2. The highest BCUT2D eigenvalue weighted by Gasteiger charge is 2.25. The molecule has 0 aromatic heterocycles. The van der Waals surface area contributed by atoms with Crippen molar-refractivity contribution < 1.29 is 0 Å². The Morgan fingerprint density at radius 2 is 1.26 bits per heavy atom. The summed E-state index contributed by atoms with van der Waals surface area (Å²) in [4.78, 5) is 5.01. The summed E-state index contributed by atoms with van der Waals surface area (Å²) in [5, 5.41) is 0. The molecule has 0 saturated carbocycles. The van der Waals surface area contributed by atoms with Gasteiger partial charge in [-0.15, -0.1) is 0 Å². The van der Waals surface area contributed by atoms with Crippen molar-refractivity contribution in [3.63, 3.8) is 0 Å². The van der Waals surface area contributed by atoms with Gasteiger partial charge in [0.1, 0.15) is 0 Å². The number of anilines is 3. The van der Waals surface area contributed by atoms with E-state index in [2.05, 4.69) is 109 Å². The predicted octanol–water partition coefficient (Wildman–Crippen LogP) is 7.60. The van der Waals surface area contributed by atoms with Gasteiger partial charge in [0.2, 0.25) is 0 Å². The van der Waals surface area contributed by atoms with Gasteiger partial charge in [0.05, 0.1) is 11.4 Å². The molecule has 0 atom stereocenters. The zero-order valence-corrected chi connectivity index (χ0v) is 15.9. The SMILES string of the molecule is Cc1cccc2c1Sc1ccccc1N2c1ccc(-c2ccccc2)cc1. The standard InChI is InChI=1S/C25H19NS/c1-18-8-7-12-23-25(18)27-24-13-6-5-11-22(24)26(23)21-16-14-20(15-17-21)19-9-3-2-4-10-19/h2-17H,1H3. The van der Waals surface area contributed by atoms with Crippen molar-refractivity contribution in [1.82, 2.24) is 0 Å².